The van der Waals surface area contributed by atoms with Gasteiger partial charge in [0.15, 0.2) is 11.1 Å². The molecule has 1 N–H and O–H groups in total. The van der Waals surface area contributed by atoms with Crippen LogP contribution in [0.15, 0.2) is 16.5 Å². The minimum Gasteiger partial charge on any atom is -0.429 e. The molecule has 0 radical (unpaired) electrons. The summed E-state index contributed by atoms with van der Waals surface area (Å²) in [6, 6.07) is 3.53. The van der Waals surface area contributed by atoms with E-state index in [0.29, 0.717) is 11.1 Å². The normalized spacial score (nSPS) is 11.6. The van der Waals surface area contributed by atoms with Crippen molar-refractivity contribution < 1.29 is 4.42 Å². The van der Waals surface area contributed by atoms with Crippen molar-refractivity contribution in [3.63, 3.8) is 0 Å². The van der Waals surface area contributed by atoms with Crippen molar-refractivity contribution in [3.05, 3.63) is 17.4 Å². The summed E-state index contributed by atoms with van der Waals surface area (Å²) in [4.78, 5) is 0. The number of hydrogen-bond donors (Lipinski definition) is 1. The summed E-state index contributed by atoms with van der Waals surface area (Å²) < 4.78 is 5.11. The fourth-order valence-electron chi connectivity index (χ4n) is 0.751. The Hall–Kier alpha value is -0.630. The number of nitrogens with one attached hydrogen (secondary N) is 1. The Bertz CT molecular complexity index is 236. The Balaban J connectivity index is 2.65. The van der Waals surface area contributed by atoms with Gasteiger partial charge in [0.2, 0.25) is 0 Å². The van der Waals surface area contributed by atoms with Crippen LogP contribution >= 0.6 is 11.6 Å². The molecule has 0 aromatic carbocycles. The molecule has 1 rings (SSSR count). The lowest BCUT2D eigenvalue weighted by molar-refractivity contribution is 0.540. The smallest absolute Gasteiger partial charge is 0.195 e. The summed E-state index contributed by atoms with van der Waals surface area (Å²) >= 11 is 5.58. The van der Waals surface area contributed by atoms with Crippen molar-refractivity contribution in [1.82, 2.24) is 0 Å². The van der Waals surface area contributed by atoms with Crippen LogP contribution in [0.3, 0.4) is 0 Å². The van der Waals surface area contributed by atoms with Crippen molar-refractivity contribution in [1.29, 1.82) is 0 Å². The fourth-order valence-corrected chi connectivity index (χ4v) is 0.897. The van der Waals surface area contributed by atoms with E-state index in [4.69, 9.17) is 16.0 Å². The van der Waals surface area contributed by atoms with E-state index in [2.05, 4.69) is 26.1 Å². The van der Waals surface area contributed by atoms with Crippen molar-refractivity contribution in [3.8, 4) is 0 Å². The maximum Gasteiger partial charge on any atom is 0.195 e. The van der Waals surface area contributed by atoms with Gasteiger partial charge in [-0.2, -0.15) is 0 Å². The molecule has 0 atom stereocenters. The van der Waals surface area contributed by atoms with Gasteiger partial charge in [-0.1, -0.05) is 0 Å². The first-order valence-electron chi connectivity index (χ1n) is 3.51. The third-order valence-electron chi connectivity index (χ3n) is 1.07. The van der Waals surface area contributed by atoms with Gasteiger partial charge >= 0.3 is 0 Å². The predicted octanol–water partition coefficient (Wildman–Crippen LogP) is 3.14. The second-order valence-corrected chi connectivity index (χ2v) is 3.85. The van der Waals surface area contributed by atoms with Crippen molar-refractivity contribution in [2.45, 2.75) is 26.3 Å². The van der Waals surface area contributed by atoms with E-state index in [0.717, 1.165) is 0 Å². The van der Waals surface area contributed by atoms with Crippen molar-refractivity contribution in [2.24, 2.45) is 0 Å². The average molecular weight is 174 g/mol. The van der Waals surface area contributed by atoms with Crippen molar-refractivity contribution >= 4 is 17.5 Å². The van der Waals surface area contributed by atoms with Crippen LogP contribution in [0.25, 0.3) is 0 Å². The molecule has 1 aromatic heterocycles. The summed E-state index contributed by atoms with van der Waals surface area (Å²) in [5.74, 6) is 0.711. The van der Waals surface area contributed by atoms with E-state index in [1.54, 1.807) is 6.07 Å². The Morgan fingerprint density at radius 3 is 2.36 bits per heavy atom. The summed E-state index contributed by atoms with van der Waals surface area (Å²) in [7, 11) is 0. The molecule has 0 bridgehead atoms. The molecule has 0 saturated carbocycles. The topological polar surface area (TPSA) is 25.2 Å². The molecule has 0 amide bonds. The van der Waals surface area contributed by atoms with Gasteiger partial charge in [0.25, 0.3) is 0 Å². The van der Waals surface area contributed by atoms with Crippen LogP contribution in [0.5, 0.6) is 0 Å². The maximum atomic E-state index is 5.58. The molecule has 2 nitrogen and oxygen atoms in total. The molecule has 62 valence electrons. The number of hydrogen-bond acceptors (Lipinski definition) is 2. The summed E-state index contributed by atoms with van der Waals surface area (Å²) in [5, 5.41) is 3.56. The molecule has 3 heteroatoms. The van der Waals surface area contributed by atoms with E-state index in [1.807, 2.05) is 6.07 Å². The lowest BCUT2D eigenvalue weighted by Gasteiger charge is -2.19. The van der Waals surface area contributed by atoms with Gasteiger partial charge in [-0.25, -0.2) is 0 Å². The van der Waals surface area contributed by atoms with Crippen LogP contribution in [0, 0.1) is 0 Å². The zero-order valence-electron chi connectivity index (χ0n) is 6.94. The first-order valence-corrected chi connectivity index (χ1v) is 3.89. The van der Waals surface area contributed by atoms with Gasteiger partial charge < -0.3 is 9.73 Å². The summed E-state index contributed by atoms with van der Waals surface area (Å²) in [5.41, 5.74) is 0.0151. The van der Waals surface area contributed by atoms with Gasteiger partial charge in [0.1, 0.15) is 0 Å². The molecule has 1 heterocycles. The van der Waals surface area contributed by atoms with Crippen LogP contribution in [-0.4, -0.2) is 5.54 Å². The molecule has 0 spiro atoms. The molecule has 0 aliphatic heterocycles. The van der Waals surface area contributed by atoms with E-state index in [9.17, 15) is 0 Å². The molecule has 0 unspecified atom stereocenters. The van der Waals surface area contributed by atoms with Crippen LogP contribution in [-0.2, 0) is 0 Å². The lowest BCUT2D eigenvalue weighted by Crippen LogP contribution is -2.25. The highest BCUT2D eigenvalue weighted by Crippen LogP contribution is 2.20. The molecule has 0 fully saturated rings. The third kappa shape index (κ3) is 2.85. The largest absolute Gasteiger partial charge is 0.429 e. The highest BCUT2D eigenvalue weighted by Gasteiger charge is 2.10. The standard InChI is InChI=1S/C8H12ClNO/c1-8(2,3)10-7-5-4-6(9)11-7/h4-5,10H,1-3H3. The molecule has 1 aromatic rings. The second-order valence-electron chi connectivity index (χ2n) is 3.48. The number of rotatable bonds is 1. The summed E-state index contributed by atoms with van der Waals surface area (Å²) in [6.07, 6.45) is 0. The quantitative estimate of drug-likeness (QED) is 0.706. The monoisotopic (exact) mass is 173 g/mol. The Kier molecular flexibility index (Phi) is 2.14. The minimum atomic E-state index is 0.0151. The van der Waals surface area contributed by atoms with Gasteiger partial charge in [-0.05, 0) is 38.4 Å². The number of halogens is 1. The summed E-state index contributed by atoms with van der Waals surface area (Å²) in [6.45, 7) is 6.18. The average Bonchev–Trinajstić information content (AvgIpc) is 2.10. The molecular formula is C8H12ClNO. The molecule has 0 saturated heterocycles. The zero-order chi connectivity index (χ0) is 8.48. The van der Waals surface area contributed by atoms with Crippen molar-refractivity contribution in [2.75, 3.05) is 5.32 Å². The Labute approximate surface area is 71.5 Å². The van der Waals surface area contributed by atoms with Crippen LogP contribution in [0.2, 0.25) is 5.22 Å². The lowest BCUT2D eigenvalue weighted by atomic mass is 10.1. The molecule has 0 aliphatic carbocycles. The Morgan fingerprint density at radius 2 is 2.00 bits per heavy atom. The van der Waals surface area contributed by atoms with Gasteiger partial charge in [-0.15, -0.1) is 0 Å². The van der Waals surface area contributed by atoms with Gasteiger partial charge in [0, 0.05) is 11.6 Å². The number of anilines is 1. The Morgan fingerprint density at radius 1 is 1.36 bits per heavy atom. The van der Waals surface area contributed by atoms with E-state index in [1.165, 1.54) is 0 Å². The minimum absolute atomic E-state index is 0.0151. The fraction of sp³-hybridized carbons (Fsp3) is 0.500. The zero-order valence-corrected chi connectivity index (χ0v) is 7.70. The maximum absolute atomic E-state index is 5.58. The first-order chi connectivity index (χ1) is 4.97. The van der Waals surface area contributed by atoms with Crippen LogP contribution in [0.1, 0.15) is 20.8 Å². The highest BCUT2D eigenvalue weighted by atomic mass is 35.5. The third-order valence-corrected chi connectivity index (χ3v) is 1.27. The molecular weight excluding hydrogens is 162 g/mol. The SMILES string of the molecule is CC(C)(C)Nc1ccc(Cl)o1. The predicted molar refractivity (Wildman–Crippen MR) is 47.1 cm³/mol. The first kappa shape index (κ1) is 8.47. The van der Waals surface area contributed by atoms with E-state index < -0.39 is 0 Å². The highest BCUT2D eigenvalue weighted by molar-refractivity contribution is 6.28. The molecule has 0 aliphatic rings. The van der Waals surface area contributed by atoms with Gasteiger partial charge in [-0.3, -0.25) is 0 Å². The molecule has 11 heavy (non-hydrogen) atoms. The van der Waals surface area contributed by atoms with E-state index in [-0.39, 0.29) is 5.54 Å². The second kappa shape index (κ2) is 2.78. The number of furan rings is 1. The van der Waals surface area contributed by atoms with Crippen LogP contribution in [0.4, 0.5) is 5.88 Å². The van der Waals surface area contributed by atoms with Crippen LogP contribution < -0.4 is 5.32 Å². The van der Waals surface area contributed by atoms with E-state index >= 15 is 0 Å². The van der Waals surface area contributed by atoms with Gasteiger partial charge in [0.05, 0.1) is 0 Å².